The average Bonchev–Trinajstić information content (AvgIpc) is 2.34. The standard InChI is InChI=1S/C13H18N2O3/c1-10-4-6-14(7-5-10)9-11-8-12(15(17)18)2-3-13(11)16/h2-3,8,10,16H,4-7,9H2,1H3. The van der Waals surface area contributed by atoms with Crippen molar-refractivity contribution in [3.63, 3.8) is 0 Å². The maximum absolute atomic E-state index is 10.7. The van der Waals surface area contributed by atoms with E-state index in [0.717, 1.165) is 31.8 Å². The van der Waals surface area contributed by atoms with Crippen molar-refractivity contribution in [1.29, 1.82) is 0 Å². The van der Waals surface area contributed by atoms with Gasteiger partial charge in [-0.2, -0.15) is 0 Å². The highest BCUT2D eigenvalue weighted by molar-refractivity contribution is 5.42. The largest absolute Gasteiger partial charge is 0.508 e. The van der Waals surface area contributed by atoms with Crippen LogP contribution in [-0.4, -0.2) is 28.0 Å². The number of non-ortho nitro benzene ring substituents is 1. The molecule has 0 saturated carbocycles. The van der Waals surface area contributed by atoms with Crippen molar-refractivity contribution >= 4 is 5.69 Å². The molecule has 1 aliphatic heterocycles. The molecule has 1 fully saturated rings. The van der Waals surface area contributed by atoms with Crippen molar-refractivity contribution in [3.05, 3.63) is 33.9 Å². The molecule has 98 valence electrons. The molecule has 0 atom stereocenters. The van der Waals surface area contributed by atoms with E-state index < -0.39 is 4.92 Å². The van der Waals surface area contributed by atoms with Gasteiger partial charge in [0.15, 0.2) is 0 Å². The van der Waals surface area contributed by atoms with Crippen LogP contribution in [0.15, 0.2) is 18.2 Å². The summed E-state index contributed by atoms with van der Waals surface area (Å²) in [5, 5.41) is 20.5. The number of hydrogen-bond acceptors (Lipinski definition) is 4. The van der Waals surface area contributed by atoms with E-state index in [0.29, 0.717) is 12.1 Å². The lowest BCUT2D eigenvalue weighted by molar-refractivity contribution is -0.385. The molecule has 1 aromatic carbocycles. The fraction of sp³-hybridized carbons (Fsp3) is 0.538. The van der Waals surface area contributed by atoms with Crippen LogP contribution in [0.4, 0.5) is 5.69 Å². The topological polar surface area (TPSA) is 66.6 Å². The molecule has 0 bridgehead atoms. The number of likely N-dealkylation sites (tertiary alicyclic amines) is 1. The van der Waals surface area contributed by atoms with Gasteiger partial charge in [0.2, 0.25) is 0 Å². The van der Waals surface area contributed by atoms with Crippen molar-refractivity contribution in [1.82, 2.24) is 4.90 Å². The van der Waals surface area contributed by atoms with Gasteiger partial charge in [0.1, 0.15) is 5.75 Å². The zero-order chi connectivity index (χ0) is 13.1. The predicted octanol–water partition coefficient (Wildman–Crippen LogP) is 2.53. The van der Waals surface area contributed by atoms with Crippen molar-refractivity contribution in [3.8, 4) is 5.75 Å². The number of rotatable bonds is 3. The summed E-state index contributed by atoms with van der Waals surface area (Å²) >= 11 is 0. The van der Waals surface area contributed by atoms with Crippen LogP contribution in [0.5, 0.6) is 5.75 Å². The Morgan fingerprint density at radius 2 is 2.11 bits per heavy atom. The quantitative estimate of drug-likeness (QED) is 0.661. The van der Waals surface area contributed by atoms with Crippen molar-refractivity contribution in [2.45, 2.75) is 26.3 Å². The Hall–Kier alpha value is -1.62. The van der Waals surface area contributed by atoms with E-state index in [1.54, 1.807) is 0 Å². The molecule has 1 heterocycles. The second kappa shape index (κ2) is 5.35. The predicted molar refractivity (Wildman–Crippen MR) is 68.4 cm³/mol. The molecule has 0 spiro atoms. The van der Waals surface area contributed by atoms with Gasteiger partial charge in [-0.1, -0.05) is 6.92 Å². The van der Waals surface area contributed by atoms with Gasteiger partial charge in [-0.3, -0.25) is 15.0 Å². The number of nitrogens with zero attached hydrogens (tertiary/aromatic N) is 2. The summed E-state index contributed by atoms with van der Waals surface area (Å²) in [6.45, 7) is 4.80. The van der Waals surface area contributed by atoms with Gasteiger partial charge in [-0.25, -0.2) is 0 Å². The first-order chi connectivity index (χ1) is 8.56. The Labute approximate surface area is 106 Å². The summed E-state index contributed by atoms with van der Waals surface area (Å²) in [5.41, 5.74) is 0.673. The molecular weight excluding hydrogens is 232 g/mol. The lowest BCUT2D eigenvalue weighted by Gasteiger charge is -2.30. The molecule has 5 nitrogen and oxygen atoms in total. The van der Waals surface area contributed by atoms with Gasteiger partial charge in [0.25, 0.3) is 5.69 Å². The molecule has 18 heavy (non-hydrogen) atoms. The van der Waals surface area contributed by atoms with Crippen LogP contribution in [0.25, 0.3) is 0 Å². The zero-order valence-electron chi connectivity index (χ0n) is 10.5. The Morgan fingerprint density at radius 1 is 1.44 bits per heavy atom. The second-order valence-electron chi connectivity index (χ2n) is 5.03. The molecule has 0 amide bonds. The van der Waals surface area contributed by atoms with E-state index in [1.807, 2.05) is 0 Å². The Kier molecular flexibility index (Phi) is 3.81. The molecule has 1 aromatic rings. The lowest BCUT2D eigenvalue weighted by Crippen LogP contribution is -2.32. The van der Waals surface area contributed by atoms with Gasteiger partial charge >= 0.3 is 0 Å². The monoisotopic (exact) mass is 250 g/mol. The molecular formula is C13H18N2O3. The minimum Gasteiger partial charge on any atom is -0.508 e. The number of nitro benzene ring substituents is 1. The van der Waals surface area contributed by atoms with E-state index in [1.165, 1.54) is 18.2 Å². The lowest BCUT2D eigenvalue weighted by atomic mass is 9.99. The van der Waals surface area contributed by atoms with Crippen molar-refractivity contribution in [2.75, 3.05) is 13.1 Å². The van der Waals surface area contributed by atoms with Gasteiger partial charge in [-0.15, -0.1) is 0 Å². The molecule has 0 aliphatic carbocycles. The molecule has 0 aromatic heterocycles. The van der Waals surface area contributed by atoms with Crippen LogP contribution >= 0.6 is 0 Å². The summed E-state index contributed by atoms with van der Waals surface area (Å²) in [7, 11) is 0. The maximum atomic E-state index is 10.7. The van der Waals surface area contributed by atoms with E-state index in [-0.39, 0.29) is 11.4 Å². The molecule has 0 radical (unpaired) electrons. The van der Waals surface area contributed by atoms with Crippen molar-refractivity contribution in [2.24, 2.45) is 5.92 Å². The Morgan fingerprint density at radius 3 is 2.72 bits per heavy atom. The first-order valence-corrected chi connectivity index (χ1v) is 6.25. The number of benzene rings is 1. The van der Waals surface area contributed by atoms with Gasteiger partial charge in [0.05, 0.1) is 4.92 Å². The number of piperidine rings is 1. The highest BCUT2D eigenvalue weighted by Gasteiger charge is 2.18. The van der Waals surface area contributed by atoms with Gasteiger partial charge in [-0.05, 0) is 37.9 Å². The van der Waals surface area contributed by atoms with E-state index >= 15 is 0 Å². The fourth-order valence-electron chi connectivity index (χ4n) is 2.27. The number of hydrogen-bond donors (Lipinski definition) is 1. The molecule has 1 N–H and O–H groups in total. The molecule has 5 heteroatoms. The van der Waals surface area contributed by atoms with Gasteiger partial charge in [0, 0.05) is 24.2 Å². The van der Waals surface area contributed by atoms with Crippen LogP contribution in [0, 0.1) is 16.0 Å². The fourth-order valence-corrected chi connectivity index (χ4v) is 2.27. The van der Waals surface area contributed by atoms with Crippen LogP contribution in [0.2, 0.25) is 0 Å². The number of phenolic OH excluding ortho intramolecular Hbond substituents is 1. The molecule has 0 unspecified atom stereocenters. The van der Waals surface area contributed by atoms with Crippen molar-refractivity contribution < 1.29 is 10.0 Å². The van der Waals surface area contributed by atoms with E-state index in [2.05, 4.69) is 11.8 Å². The summed E-state index contributed by atoms with van der Waals surface area (Å²) in [6.07, 6.45) is 2.30. The summed E-state index contributed by atoms with van der Waals surface area (Å²) in [5.74, 6) is 0.888. The average molecular weight is 250 g/mol. The minimum absolute atomic E-state index is 0.0353. The van der Waals surface area contributed by atoms with Crippen LogP contribution in [0.3, 0.4) is 0 Å². The zero-order valence-corrected chi connectivity index (χ0v) is 10.5. The summed E-state index contributed by atoms with van der Waals surface area (Å²) in [6, 6.07) is 4.20. The Balaban J connectivity index is 2.08. The maximum Gasteiger partial charge on any atom is 0.270 e. The van der Waals surface area contributed by atoms with Crippen LogP contribution in [0.1, 0.15) is 25.3 Å². The highest BCUT2D eigenvalue weighted by atomic mass is 16.6. The minimum atomic E-state index is -0.429. The second-order valence-corrected chi connectivity index (χ2v) is 5.03. The summed E-state index contributed by atoms with van der Waals surface area (Å²) < 4.78 is 0. The number of nitro groups is 1. The number of aromatic hydroxyl groups is 1. The summed E-state index contributed by atoms with van der Waals surface area (Å²) in [4.78, 5) is 12.5. The number of phenols is 1. The van der Waals surface area contributed by atoms with Crippen LogP contribution in [-0.2, 0) is 6.54 Å². The third-order valence-electron chi connectivity index (χ3n) is 3.54. The SMILES string of the molecule is CC1CCN(Cc2cc([N+](=O)[O-])ccc2O)CC1. The normalized spacial score (nSPS) is 17.8. The first kappa shape index (κ1) is 12.8. The Bertz CT molecular complexity index is 440. The molecule has 1 aliphatic rings. The smallest absolute Gasteiger partial charge is 0.270 e. The third kappa shape index (κ3) is 2.98. The van der Waals surface area contributed by atoms with E-state index in [9.17, 15) is 15.2 Å². The molecule has 1 saturated heterocycles. The highest BCUT2D eigenvalue weighted by Crippen LogP contribution is 2.26. The molecule has 2 rings (SSSR count). The van der Waals surface area contributed by atoms with Crippen LogP contribution < -0.4 is 0 Å². The van der Waals surface area contributed by atoms with Gasteiger partial charge < -0.3 is 5.11 Å². The third-order valence-corrected chi connectivity index (χ3v) is 3.54. The first-order valence-electron chi connectivity index (χ1n) is 6.25. The van der Waals surface area contributed by atoms with E-state index in [4.69, 9.17) is 0 Å².